The molecule has 0 saturated heterocycles. The van der Waals surface area contributed by atoms with E-state index in [2.05, 4.69) is 0 Å². The van der Waals surface area contributed by atoms with E-state index in [9.17, 15) is 0 Å². The summed E-state index contributed by atoms with van der Waals surface area (Å²) in [5.74, 6) is 0. The Hall–Kier alpha value is 3.94. The van der Waals surface area contributed by atoms with Gasteiger partial charge in [0, 0.05) is 0 Å². The van der Waals surface area contributed by atoms with Crippen molar-refractivity contribution in [3.8, 4) is 0 Å². The molecule has 0 aliphatic heterocycles. The molecule has 0 unspecified atom stereocenters. The second-order valence-corrected chi connectivity index (χ2v) is 2.27. The van der Waals surface area contributed by atoms with Crippen molar-refractivity contribution in [1.29, 1.82) is 0 Å². The van der Waals surface area contributed by atoms with Gasteiger partial charge in [-0.1, -0.05) is 0 Å². The third kappa shape index (κ3) is 2670. The summed E-state index contributed by atoms with van der Waals surface area (Å²) < 4.78 is 0. The summed E-state index contributed by atoms with van der Waals surface area (Å²) in [5, 5.41) is 149. The standard InChI is InChI=1S/CH2O3.5BH3O3.BO3.5Na/c7*2-1(3)4;;;;;/h(H2,2,3,4);5*2-4H;;;;;;/q;;;;;;-3;5*+1/p-2. The van der Waals surface area contributed by atoms with Crippen molar-refractivity contribution in [2.24, 2.45) is 0 Å². The largest absolute Gasteiger partial charge is 1.00 e. The van der Waals surface area contributed by atoms with Gasteiger partial charge in [-0.05, 0) is 6.16 Å². The molecule has 0 saturated carbocycles. The SMILES string of the molecule is O=C([O-])[O-].OB(O)O.OB(O)O.OB(O)O.OB(O)O.OB(O)O.[Na+].[Na+].[Na+].[Na+].[Na+].[O-]B([O-])[O-]. The van der Waals surface area contributed by atoms with Gasteiger partial charge in [-0.2, -0.15) is 0 Å². The molecule has 0 amide bonds. The normalized spacial score (nSPS) is 5.64. The molecule has 168 valence electrons. The van der Waals surface area contributed by atoms with Crippen LogP contribution in [0.3, 0.4) is 0 Å². The molecule has 0 aliphatic rings. The van der Waals surface area contributed by atoms with Crippen LogP contribution in [0.4, 0.5) is 4.79 Å². The number of hydrogen-bond donors (Lipinski definition) is 15. The van der Waals surface area contributed by atoms with Gasteiger partial charge in [-0.15, -0.1) is 0 Å². The van der Waals surface area contributed by atoms with Gasteiger partial charge in [0.1, 0.15) is 0 Å². The minimum absolute atomic E-state index is 0. The molecule has 0 aliphatic carbocycles. The number of carboxylic acid groups (broad SMARTS) is 2. The molecule has 0 aromatic rings. The molecule has 0 fully saturated rings. The summed E-state index contributed by atoms with van der Waals surface area (Å²) in [5.41, 5.74) is 0. The molecule has 0 bridgehead atoms. The van der Waals surface area contributed by atoms with Crippen LogP contribution in [0.15, 0.2) is 0 Å². The summed E-state index contributed by atoms with van der Waals surface area (Å²) in [7, 11) is -13.8. The van der Waals surface area contributed by atoms with E-state index in [1.165, 1.54) is 0 Å². The number of carbonyl (C=O) groups excluding carboxylic acids is 1. The topological polar surface area (TPSA) is 436 Å². The molecule has 0 radical (unpaired) electrons. The van der Waals surface area contributed by atoms with Crippen molar-refractivity contribution in [2.45, 2.75) is 0 Å². The second kappa shape index (κ2) is 70.5. The van der Waals surface area contributed by atoms with Crippen molar-refractivity contribution in [2.75, 3.05) is 0 Å². The van der Waals surface area contributed by atoms with Crippen molar-refractivity contribution in [1.82, 2.24) is 0 Å². The van der Waals surface area contributed by atoms with E-state index in [0.29, 0.717) is 0 Å². The van der Waals surface area contributed by atoms with Crippen molar-refractivity contribution in [3.63, 3.8) is 0 Å². The Kier molecular flexibility index (Phi) is 164. The van der Waals surface area contributed by atoms with Crippen LogP contribution >= 0.6 is 0 Å². The first kappa shape index (κ1) is 76.7. The fraction of sp³-hybridized carbons (Fsp3) is 0. The van der Waals surface area contributed by atoms with Gasteiger partial charge in [0.2, 0.25) is 0 Å². The average molecular weight is 543 g/mol. The van der Waals surface area contributed by atoms with Crippen LogP contribution in [0.1, 0.15) is 0 Å². The maximum absolute atomic E-state index is 8.42. The Bertz CT molecular complexity index is 184. The summed E-state index contributed by atoms with van der Waals surface area (Å²) in [6, 6.07) is 0. The molecule has 0 rings (SSSR count). The summed E-state index contributed by atoms with van der Waals surface area (Å²) in [4.78, 5) is 8.33. The number of rotatable bonds is 0. The molecule has 0 aromatic carbocycles. The summed E-state index contributed by atoms with van der Waals surface area (Å²) in [6.07, 6.45) is -2.33. The van der Waals surface area contributed by atoms with E-state index < -0.39 is 50.1 Å². The molecule has 33 heavy (non-hydrogen) atoms. The molecular formula is CH15B6Na5O21. The van der Waals surface area contributed by atoms with Crippen molar-refractivity contribution >= 4 is 50.1 Å². The van der Waals surface area contributed by atoms with Crippen LogP contribution in [0.5, 0.6) is 0 Å². The van der Waals surface area contributed by atoms with Crippen LogP contribution in [0, 0.1) is 0 Å². The van der Waals surface area contributed by atoms with Gasteiger partial charge in [0.25, 0.3) is 0 Å². The van der Waals surface area contributed by atoms with Crippen molar-refractivity contribution in [3.05, 3.63) is 0 Å². The third-order valence-corrected chi connectivity index (χ3v) is 0. The van der Waals surface area contributed by atoms with Gasteiger partial charge in [0.15, 0.2) is 0 Å². The van der Waals surface area contributed by atoms with Gasteiger partial charge in [-0.3, -0.25) is 7.32 Å². The zero-order valence-electron chi connectivity index (χ0n) is 18.1. The van der Waals surface area contributed by atoms with E-state index >= 15 is 0 Å². The van der Waals surface area contributed by atoms with Gasteiger partial charge >= 0.3 is 184 Å². The first-order valence-corrected chi connectivity index (χ1v) is 5.19. The zero-order chi connectivity index (χ0) is 25.0. The van der Waals surface area contributed by atoms with E-state index in [0.717, 1.165) is 0 Å². The molecule has 15 N–H and O–H groups in total. The Balaban J connectivity index is -0.0000000152. The van der Waals surface area contributed by atoms with Crippen molar-refractivity contribution < 1.29 is 253 Å². The minimum Gasteiger partial charge on any atom is -0.907 e. The Labute approximate surface area is 298 Å². The zero-order valence-corrected chi connectivity index (χ0v) is 28.1. The Morgan fingerprint density at radius 3 is 0.394 bits per heavy atom. The maximum Gasteiger partial charge on any atom is 1.00 e. The quantitative estimate of drug-likeness (QED) is 0.126. The monoisotopic (exact) mass is 544 g/mol. The van der Waals surface area contributed by atoms with Gasteiger partial charge in [0.05, 0.1) is 0 Å². The molecule has 0 atom stereocenters. The van der Waals surface area contributed by atoms with Crippen LogP contribution in [-0.4, -0.2) is 125 Å². The maximum atomic E-state index is 8.42. The Morgan fingerprint density at radius 2 is 0.394 bits per heavy atom. The first-order chi connectivity index (χ1) is 12.1. The predicted molar refractivity (Wildman–Crippen MR) is 73.2 cm³/mol. The molecule has 0 heterocycles. The van der Waals surface area contributed by atoms with E-state index in [1.807, 2.05) is 0 Å². The van der Waals surface area contributed by atoms with Crippen LogP contribution < -0.4 is 173 Å². The minimum atomic E-state index is -2.92. The fourth-order valence-corrected chi connectivity index (χ4v) is 0. The fourth-order valence-electron chi connectivity index (χ4n) is 0. The summed E-state index contributed by atoms with van der Waals surface area (Å²) in [6.45, 7) is 0. The predicted octanol–water partition coefficient (Wildman–Crippen LogP) is -31.6. The molecule has 32 heteroatoms. The Morgan fingerprint density at radius 1 is 0.394 bits per heavy atom. The van der Waals surface area contributed by atoms with E-state index in [4.69, 9.17) is 105 Å². The first-order valence-electron chi connectivity index (χ1n) is 5.19. The molecule has 0 spiro atoms. The second-order valence-electron chi connectivity index (χ2n) is 2.27. The van der Waals surface area contributed by atoms with E-state index in [1.54, 1.807) is 0 Å². The van der Waals surface area contributed by atoms with E-state index in [-0.39, 0.29) is 148 Å². The smallest absolute Gasteiger partial charge is 0.907 e. The summed E-state index contributed by atoms with van der Waals surface area (Å²) >= 11 is 0. The molecular weight excluding hydrogens is 528 g/mol. The number of carbonyl (C=O) groups is 1. The number of hydrogen-bond acceptors (Lipinski definition) is 21. The van der Waals surface area contributed by atoms with Crippen LogP contribution in [0.25, 0.3) is 0 Å². The van der Waals surface area contributed by atoms with Gasteiger partial charge in [-0.25, -0.2) is 0 Å². The van der Waals surface area contributed by atoms with Gasteiger partial charge < -0.3 is 105 Å². The average Bonchev–Trinajstić information content (AvgIpc) is 2.20. The molecule has 21 nitrogen and oxygen atoms in total. The van der Waals surface area contributed by atoms with Crippen LogP contribution in [-0.2, 0) is 0 Å². The third-order valence-electron chi connectivity index (χ3n) is 0. The molecule has 0 aromatic heterocycles. The van der Waals surface area contributed by atoms with Crippen LogP contribution in [0.2, 0.25) is 0 Å².